The summed E-state index contributed by atoms with van der Waals surface area (Å²) in [5.74, 6) is 0.172. The number of H-pyrrole nitrogens is 1. The molecule has 0 fully saturated rings. The number of nitrogens with one attached hydrogen (secondary N) is 1. The molecule has 0 aliphatic heterocycles. The Kier molecular flexibility index (Phi) is 6.10. The standard InChI is InChI=1S/C24H24ClN5O2/c1-4-29(14-20-26-19-8-6-5-7-18(19)23(31)27-20)24(32)21-16(3)28-30(22(21)25)13-17-11-9-15(2)10-12-17/h5-12H,4,13-14H2,1-3H3,(H,26,27,31). The van der Waals surface area contributed by atoms with Crippen molar-refractivity contribution in [1.29, 1.82) is 0 Å². The van der Waals surface area contributed by atoms with Crippen molar-refractivity contribution >= 4 is 28.4 Å². The molecule has 4 aromatic rings. The van der Waals surface area contributed by atoms with E-state index in [0.29, 0.717) is 46.2 Å². The summed E-state index contributed by atoms with van der Waals surface area (Å²) in [5.41, 5.74) is 3.51. The van der Waals surface area contributed by atoms with Gasteiger partial charge in [-0.3, -0.25) is 9.59 Å². The molecule has 0 aliphatic rings. The van der Waals surface area contributed by atoms with Crippen LogP contribution in [0.25, 0.3) is 10.9 Å². The summed E-state index contributed by atoms with van der Waals surface area (Å²) < 4.78 is 1.64. The molecule has 0 unspecified atom stereocenters. The maximum absolute atomic E-state index is 13.3. The predicted molar refractivity (Wildman–Crippen MR) is 125 cm³/mol. The highest BCUT2D eigenvalue weighted by Gasteiger charge is 2.25. The fraction of sp³-hybridized carbons (Fsp3) is 0.250. The van der Waals surface area contributed by atoms with Crippen LogP contribution in [0, 0.1) is 13.8 Å². The molecule has 1 N–H and O–H groups in total. The van der Waals surface area contributed by atoms with Crippen molar-refractivity contribution in [2.75, 3.05) is 6.54 Å². The first-order chi connectivity index (χ1) is 15.4. The Morgan fingerprint density at radius 1 is 1.12 bits per heavy atom. The van der Waals surface area contributed by atoms with Crippen molar-refractivity contribution in [2.24, 2.45) is 0 Å². The van der Waals surface area contributed by atoms with Crippen LogP contribution in [0.4, 0.5) is 0 Å². The summed E-state index contributed by atoms with van der Waals surface area (Å²) in [7, 11) is 0. The lowest BCUT2D eigenvalue weighted by Crippen LogP contribution is -2.32. The highest BCUT2D eigenvalue weighted by molar-refractivity contribution is 6.33. The number of aromatic nitrogens is 4. The molecular weight excluding hydrogens is 426 g/mol. The monoisotopic (exact) mass is 449 g/mol. The van der Waals surface area contributed by atoms with Crippen LogP contribution in [0.5, 0.6) is 0 Å². The molecule has 2 aromatic heterocycles. The number of fused-ring (bicyclic) bond motifs is 1. The van der Waals surface area contributed by atoms with Gasteiger partial charge in [-0.1, -0.05) is 53.6 Å². The highest BCUT2D eigenvalue weighted by Crippen LogP contribution is 2.23. The number of hydrogen-bond donors (Lipinski definition) is 1. The van der Waals surface area contributed by atoms with Crippen molar-refractivity contribution in [3.63, 3.8) is 0 Å². The molecule has 0 saturated carbocycles. The van der Waals surface area contributed by atoms with E-state index >= 15 is 0 Å². The Morgan fingerprint density at radius 3 is 2.56 bits per heavy atom. The van der Waals surface area contributed by atoms with E-state index in [1.54, 1.807) is 34.7 Å². The minimum atomic E-state index is -0.249. The van der Waals surface area contributed by atoms with Gasteiger partial charge in [0.25, 0.3) is 11.5 Å². The first-order valence-electron chi connectivity index (χ1n) is 10.4. The van der Waals surface area contributed by atoms with Crippen molar-refractivity contribution in [1.82, 2.24) is 24.6 Å². The summed E-state index contributed by atoms with van der Waals surface area (Å²) >= 11 is 6.59. The van der Waals surface area contributed by atoms with E-state index in [4.69, 9.17) is 11.6 Å². The van der Waals surface area contributed by atoms with Crippen molar-refractivity contribution < 1.29 is 4.79 Å². The maximum atomic E-state index is 13.3. The average Bonchev–Trinajstić information content (AvgIpc) is 3.06. The van der Waals surface area contributed by atoms with Crippen LogP contribution in [0.15, 0.2) is 53.3 Å². The normalized spacial score (nSPS) is 11.1. The van der Waals surface area contributed by atoms with Crippen LogP contribution < -0.4 is 5.56 Å². The van der Waals surface area contributed by atoms with Crippen LogP contribution in [-0.2, 0) is 13.1 Å². The Bertz CT molecular complexity index is 1340. The summed E-state index contributed by atoms with van der Waals surface area (Å²) in [6.07, 6.45) is 0. The first kappa shape index (κ1) is 21.8. The van der Waals surface area contributed by atoms with Crippen LogP contribution >= 0.6 is 11.6 Å². The topological polar surface area (TPSA) is 83.9 Å². The van der Waals surface area contributed by atoms with Crippen molar-refractivity contribution in [3.8, 4) is 0 Å². The molecule has 0 aliphatic carbocycles. The lowest BCUT2D eigenvalue weighted by Gasteiger charge is -2.20. The smallest absolute Gasteiger partial charge is 0.259 e. The number of amides is 1. The summed E-state index contributed by atoms with van der Waals surface area (Å²) in [5, 5.41) is 5.30. The fourth-order valence-corrected chi connectivity index (χ4v) is 3.96. The quantitative estimate of drug-likeness (QED) is 0.480. The molecule has 8 heteroatoms. The van der Waals surface area contributed by atoms with Gasteiger partial charge in [0.2, 0.25) is 0 Å². The van der Waals surface area contributed by atoms with E-state index in [0.717, 1.165) is 5.56 Å². The highest BCUT2D eigenvalue weighted by atomic mass is 35.5. The minimum absolute atomic E-state index is 0.161. The van der Waals surface area contributed by atoms with Crippen molar-refractivity contribution in [2.45, 2.75) is 33.9 Å². The largest absolute Gasteiger partial charge is 0.331 e. The molecule has 4 rings (SSSR count). The molecule has 0 atom stereocenters. The fourth-order valence-electron chi connectivity index (χ4n) is 3.64. The van der Waals surface area contributed by atoms with Gasteiger partial charge in [-0.15, -0.1) is 0 Å². The van der Waals surface area contributed by atoms with Crippen LogP contribution in [0.3, 0.4) is 0 Å². The summed E-state index contributed by atoms with van der Waals surface area (Å²) in [6.45, 7) is 6.73. The van der Waals surface area contributed by atoms with Gasteiger partial charge in [0.1, 0.15) is 11.0 Å². The predicted octanol–water partition coefficient (Wildman–Crippen LogP) is 4.10. The van der Waals surface area contributed by atoms with Gasteiger partial charge in [0.05, 0.1) is 35.2 Å². The molecule has 0 saturated heterocycles. The number of carbonyl (C=O) groups is 1. The van der Waals surface area contributed by atoms with E-state index in [1.807, 2.05) is 44.2 Å². The molecule has 2 aromatic carbocycles. The second-order valence-electron chi connectivity index (χ2n) is 7.74. The Balaban J connectivity index is 1.60. The summed E-state index contributed by atoms with van der Waals surface area (Å²) in [4.78, 5) is 34.6. The molecule has 2 heterocycles. The third-order valence-electron chi connectivity index (χ3n) is 5.40. The van der Waals surface area contributed by atoms with E-state index in [2.05, 4.69) is 15.1 Å². The van der Waals surface area contributed by atoms with Crippen LogP contribution in [0.2, 0.25) is 5.15 Å². The third-order valence-corrected chi connectivity index (χ3v) is 5.79. The second-order valence-corrected chi connectivity index (χ2v) is 8.10. The number of aryl methyl sites for hydroxylation is 2. The zero-order valence-electron chi connectivity index (χ0n) is 18.2. The zero-order valence-corrected chi connectivity index (χ0v) is 19.0. The van der Waals surface area contributed by atoms with Crippen molar-refractivity contribution in [3.05, 3.63) is 92.2 Å². The Morgan fingerprint density at radius 2 is 1.84 bits per heavy atom. The number of nitrogens with zero attached hydrogens (tertiary/aromatic N) is 4. The number of halogens is 1. The van der Waals surface area contributed by atoms with Gasteiger partial charge < -0.3 is 9.88 Å². The minimum Gasteiger partial charge on any atom is -0.331 e. The Hall–Kier alpha value is -3.45. The first-order valence-corrected chi connectivity index (χ1v) is 10.8. The number of aromatic amines is 1. The van der Waals surface area contributed by atoms with E-state index < -0.39 is 0 Å². The van der Waals surface area contributed by atoms with Gasteiger partial charge in [0, 0.05) is 6.54 Å². The van der Waals surface area contributed by atoms with Crippen LogP contribution in [-0.4, -0.2) is 37.1 Å². The second kappa shape index (κ2) is 8.96. The number of benzene rings is 2. The molecule has 7 nitrogen and oxygen atoms in total. The van der Waals surface area contributed by atoms with Crippen LogP contribution in [0.1, 0.15) is 39.9 Å². The molecule has 0 spiro atoms. The molecule has 32 heavy (non-hydrogen) atoms. The lowest BCUT2D eigenvalue weighted by atomic mass is 10.1. The molecule has 1 amide bonds. The van der Waals surface area contributed by atoms with E-state index in [1.165, 1.54) is 5.56 Å². The number of hydrogen-bond acceptors (Lipinski definition) is 4. The number of carbonyl (C=O) groups excluding carboxylic acids is 1. The zero-order chi connectivity index (χ0) is 22.8. The average molecular weight is 450 g/mol. The van der Waals surface area contributed by atoms with Gasteiger partial charge in [0.15, 0.2) is 0 Å². The molecular formula is C24H24ClN5O2. The maximum Gasteiger partial charge on any atom is 0.259 e. The molecule has 0 radical (unpaired) electrons. The lowest BCUT2D eigenvalue weighted by molar-refractivity contribution is 0.0748. The van der Waals surface area contributed by atoms with Gasteiger partial charge in [-0.2, -0.15) is 5.10 Å². The number of para-hydroxylation sites is 1. The third kappa shape index (κ3) is 4.29. The van der Waals surface area contributed by atoms with E-state index in [9.17, 15) is 9.59 Å². The Labute approximate surface area is 190 Å². The molecule has 0 bridgehead atoms. The summed E-state index contributed by atoms with van der Waals surface area (Å²) in [6, 6.07) is 15.2. The van der Waals surface area contributed by atoms with Gasteiger partial charge >= 0.3 is 0 Å². The molecule has 164 valence electrons. The van der Waals surface area contributed by atoms with E-state index in [-0.39, 0.29) is 18.0 Å². The SMILES string of the molecule is CCN(Cc1nc2ccccc2c(=O)[nH]1)C(=O)c1c(C)nn(Cc2ccc(C)cc2)c1Cl. The van der Waals surface area contributed by atoms with Gasteiger partial charge in [-0.05, 0) is 38.5 Å². The number of rotatable bonds is 6. The van der Waals surface area contributed by atoms with Gasteiger partial charge in [-0.25, -0.2) is 9.67 Å².